The molecule has 2 unspecified atom stereocenters. The average molecular weight is 314 g/mol. The number of carbonyl (C=O) groups excluding carboxylic acids is 1. The number of hydrogen-bond acceptors (Lipinski definition) is 4. The Labute approximate surface area is 127 Å². The summed E-state index contributed by atoms with van der Waals surface area (Å²) in [7, 11) is 0. The summed E-state index contributed by atoms with van der Waals surface area (Å²) >= 11 is 0. The zero-order valence-corrected chi connectivity index (χ0v) is 13.2. The van der Waals surface area contributed by atoms with E-state index in [9.17, 15) is 9.90 Å². The fraction of sp³-hybridized carbons (Fsp3) is 0.917. The van der Waals surface area contributed by atoms with Crippen LogP contribution in [0.2, 0.25) is 0 Å². The van der Waals surface area contributed by atoms with Crippen molar-refractivity contribution in [3.8, 4) is 0 Å². The van der Waals surface area contributed by atoms with Crippen LogP contribution in [-0.4, -0.2) is 64.7 Å². The predicted molar refractivity (Wildman–Crippen MR) is 79.9 cm³/mol. The number of aliphatic hydroxyl groups is 1. The number of carbonyl (C=O) groups is 1. The van der Waals surface area contributed by atoms with Crippen LogP contribution in [0.25, 0.3) is 0 Å². The molecule has 0 aromatic rings. The summed E-state index contributed by atoms with van der Waals surface area (Å²) in [5.41, 5.74) is 5.39. The number of nitrogens with two attached hydrogens (primary N) is 1. The highest BCUT2D eigenvalue weighted by atomic mass is 35.5. The Kier molecular flexibility index (Phi) is 7.06. The van der Waals surface area contributed by atoms with E-state index in [2.05, 4.69) is 11.8 Å². The highest BCUT2D eigenvalue weighted by Gasteiger charge is 2.48. The van der Waals surface area contributed by atoms with Gasteiger partial charge in [-0.1, -0.05) is 0 Å². The molecule has 1 aliphatic carbocycles. The minimum Gasteiger partial charge on any atom is -0.392 e. The normalized spacial score (nSPS) is 26.9. The number of amides is 1. The van der Waals surface area contributed by atoms with Gasteiger partial charge in [-0.2, -0.15) is 0 Å². The van der Waals surface area contributed by atoms with Gasteiger partial charge >= 0.3 is 0 Å². The first kappa shape index (κ1) is 18.9. The Hall–Kier alpha value is -0.0700. The molecule has 1 heterocycles. The first-order valence-electron chi connectivity index (χ1n) is 6.43. The number of aliphatic hydroxyl groups excluding tert-OH is 1. The number of β-amino-alcohol motifs (C(OH)–C–C–N with tert-alkyl or cyclic N) is 1. The van der Waals surface area contributed by atoms with E-state index >= 15 is 0 Å². The first-order valence-corrected chi connectivity index (χ1v) is 6.43. The summed E-state index contributed by atoms with van der Waals surface area (Å²) in [6.07, 6.45) is 1.34. The van der Waals surface area contributed by atoms with Gasteiger partial charge in [-0.25, -0.2) is 0 Å². The first-order chi connectivity index (χ1) is 7.92. The van der Waals surface area contributed by atoms with Gasteiger partial charge in [0, 0.05) is 32.2 Å². The van der Waals surface area contributed by atoms with Gasteiger partial charge in [0.1, 0.15) is 0 Å². The Morgan fingerprint density at radius 3 is 2.42 bits per heavy atom. The lowest BCUT2D eigenvalue weighted by Gasteiger charge is -2.41. The average Bonchev–Trinajstić information content (AvgIpc) is 2.99. The number of hydrogen-bond donors (Lipinski definition) is 2. The number of rotatable bonds is 3. The monoisotopic (exact) mass is 313 g/mol. The Morgan fingerprint density at radius 2 is 2.00 bits per heavy atom. The molecule has 114 valence electrons. The third-order valence-electron chi connectivity index (χ3n) is 3.77. The molecule has 2 rings (SSSR count). The molecule has 1 amide bonds. The zero-order valence-electron chi connectivity index (χ0n) is 11.5. The second-order valence-corrected chi connectivity index (χ2v) is 5.60. The fourth-order valence-electron chi connectivity index (χ4n) is 2.45. The molecule has 1 aliphatic heterocycles. The summed E-state index contributed by atoms with van der Waals surface area (Å²) < 4.78 is 0. The molecule has 0 spiro atoms. The van der Waals surface area contributed by atoms with E-state index in [1.807, 2.05) is 4.90 Å². The maximum absolute atomic E-state index is 12.1. The maximum atomic E-state index is 12.1. The van der Waals surface area contributed by atoms with Crippen molar-refractivity contribution in [1.29, 1.82) is 0 Å². The van der Waals surface area contributed by atoms with E-state index in [1.165, 1.54) is 0 Å². The van der Waals surface area contributed by atoms with Crippen LogP contribution in [0.3, 0.4) is 0 Å². The van der Waals surface area contributed by atoms with Crippen LogP contribution in [-0.2, 0) is 4.79 Å². The minimum absolute atomic E-state index is 0. The lowest BCUT2D eigenvalue weighted by molar-refractivity contribution is -0.136. The summed E-state index contributed by atoms with van der Waals surface area (Å²) in [6.45, 7) is 6.85. The van der Waals surface area contributed by atoms with Crippen molar-refractivity contribution in [2.75, 3.05) is 26.2 Å². The SMILES string of the molecule is CC(O)CN1CCN(C(=O)C2(N)CC2)CC1C.Cl.Cl. The van der Waals surface area contributed by atoms with E-state index < -0.39 is 5.54 Å². The molecule has 0 radical (unpaired) electrons. The van der Waals surface area contributed by atoms with Crippen molar-refractivity contribution >= 4 is 30.7 Å². The lowest BCUT2D eigenvalue weighted by Crippen LogP contribution is -2.58. The van der Waals surface area contributed by atoms with E-state index in [0.717, 1.165) is 32.5 Å². The van der Waals surface area contributed by atoms with Gasteiger partial charge in [-0.15, -0.1) is 24.8 Å². The van der Waals surface area contributed by atoms with Crippen molar-refractivity contribution in [3.63, 3.8) is 0 Å². The Balaban J connectivity index is 0.00000162. The molecule has 2 aliphatic rings. The molecule has 2 atom stereocenters. The smallest absolute Gasteiger partial charge is 0.242 e. The third kappa shape index (κ3) is 4.46. The number of halogens is 2. The molecule has 2 fully saturated rings. The molecule has 7 heteroatoms. The van der Waals surface area contributed by atoms with Crippen molar-refractivity contribution in [3.05, 3.63) is 0 Å². The minimum atomic E-state index is -0.549. The molecular weight excluding hydrogens is 289 g/mol. The standard InChI is InChI=1S/C12H23N3O2.2ClH/c1-9-7-15(11(17)12(13)3-4-12)6-5-14(9)8-10(2)16;;/h9-10,16H,3-8,13H2,1-2H3;2*1H. The second kappa shape index (κ2) is 7.09. The highest BCUT2D eigenvalue weighted by Crippen LogP contribution is 2.34. The highest BCUT2D eigenvalue weighted by molar-refractivity contribution is 5.89. The van der Waals surface area contributed by atoms with E-state index in [0.29, 0.717) is 12.6 Å². The number of piperazine rings is 1. The van der Waals surface area contributed by atoms with Crippen LogP contribution in [0.4, 0.5) is 0 Å². The van der Waals surface area contributed by atoms with E-state index in [-0.39, 0.29) is 36.8 Å². The van der Waals surface area contributed by atoms with Gasteiger partial charge in [0.05, 0.1) is 11.6 Å². The van der Waals surface area contributed by atoms with Crippen LogP contribution in [0.1, 0.15) is 26.7 Å². The fourth-order valence-corrected chi connectivity index (χ4v) is 2.45. The second-order valence-electron chi connectivity index (χ2n) is 5.60. The molecule has 1 saturated carbocycles. The van der Waals surface area contributed by atoms with Crippen molar-refractivity contribution in [1.82, 2.24) is 9.80 Å². The quantitative estimate of drug-likeness (QED) is 0.783. The summed E-state index contributed by atoms with van der Waals surface area (Å²) in [4.78, 5) is 16.2. The molecular formula is C12H25Cl2N3O2. The molecule has 0 bridgehead atoms. The van der Waals surface area contributed by atoms with Gasteiger partial charge in [-0.05, 0) is 26.7 Å². The molecule has 19 heavy (non-hydrogen) atoms. The topological polar surface area (TPSA) is 69.8 Å². The van der Waals surface area contributed by atoms with Gasteiger partial charge in [0.2, 0.25) is 5.91 Å². The van der Waals surface area contributed by atoms with Crippen molar-refractivity contribution in [2.45, 2.75) is 44.4 Å². The molecule has 0 aromatic heterocycles. The van der Waals surface area contributed by atoms with Crippen LogP contribution in [0.5, 0.6) is 0 Å². The summed E-state index contributed by atoms with van der Waals surface area (Å²) in [5, 5.41) is 9.39. The van der Waals surface area contributed by atoms with Crippen molar-refractivity contribution in [2.24, 2.45) is 5.73 Å². The number of nitrogens with zero attached hydrogens (tertiary/aromatic N) is 2. The molecule has 0 aromatic carbocycles. The Bertz CT molecular complexity index is 311. The van der Waals surface area contributed by atoms with Crippen molar-refractivity contribution < 1.29 is 9.90 Å². The summed E-state index contributed by atoms with van der Waals surface area (Å²) in [6, 6.07) is 0.296. The zero-order chi connectivity index (χ0) is 12.6. The van der Waals surface area contributed by atoms with Gasteiger partial charge in [0.15, 0.2) is 0 Å². The molecule has 1 saturated heterocycles. The molecule has 5 nitrogen and oxygen atoms in total. The predicted octanol–water partition coefficient (Wildman–Crippen LogP) is 0.235. The van der Waals surface area contributed by atoms with Crippen LogP contribution < -0.4 is 5.73 Å². The van der Waals surface area contributed by atoms with Gasteiger partial charge in [-0.3, -0.25) is 9.69 Å². The van der Waals surface area contributed by atoms with Crippen LogP contribution >= 0.6 is 24.8 Å². The largest absolute Gasteiger partial charge is 0.392 e. The lowest BCUT2D eigenvalue weighted by atomic mass is 10.1. The van der Waals surface area contributed by atoms with E-state index in [4.69, 9.17) is 5.73 Å². The van der Waals surface area contributed by atoms with Gasteiger partial charge in [0.25, 0.3) is 0 Å². The summed E-state index contributed by atoms with van der Waals surface area (Å²) in [5.74, 6) is 0.112. The van der Waals surface area contributed by atoms with Gasteiger partial charge < -0.3 is 15.7 Å². The Morgan fingerprint density at radius 1 is 1.42 bits per heavy atom. The van der Waals surface area contributed by atoms with Crippen LogP contribution in [0, 0.1) is 0 Å². The van der Waals surface area contributed by atoms with Crippen LogP contribution in [0.15, 0.2) is 0 Å². The molecule has 3 N–H and O–H groups in total. The third-order valence-corrected chi connectivity index (χ3v) is 3.77. The maximum Gasteiger partial charge on any atom is 0.242 e. The van der Waals surface area contributed by atoms with E-state index in [1.54, 1.807) is 6.92 Å².